The van der Waals surface area contributed by atoms with E-state index in [-0.39, 0.29) is 5.41 Å². The Labute approximate surface area is 126 Å². The summed E-state index contributed by atoms with van der Waals surface area (Å²) in [4.78, 5) is 12.0. The second-order valence-electron chi connectivity index (χ2n) is 5.91. The molecule has 0 radical (unpaired) electrons. The normalized spacial score (nSPS) is 18.0. The highest BCUT2D eigenvalue weighted by molar-refractivity contribution is 5.94. The fourth-order valence-corrected chi connectivity index (χ4v) is 2.52. The number of carbonyl (C=O) groups excluding carboxylic acids is 1. The molecule has 1 fully saturated rings. The summed E-state index contributed by atoms with van der Waals surface area (Å²) in [6.07, 6.45) is -3.13. The van der Waals surface area contributed by atoms with Crippen molar-refractivity contribution in [2.24, 2.45) is 5.41 Å². The van der Waals surface area contributed by atoms with Crippen LogP contribution in [-0.4, -0.2) is 25.5 Å². The molecule has 1 heterocycles. The molecule has 0 atom stereocenters. The molecule has 0 unspecified atom stereocenters. The fraction of sp³-hybridized carbons (Fsp3) is 0.533. The lowest BCUT2D eigenvalue weighted by atomic mass is 9.81. The van der Waals surface area contributed by atoms with Crippen LogP contribution in [-0.2, 0) is 6.18 Å². The molecule has 0 spiro atoms. The molecule has 7 heteroatoms. The van der Waals surface area contributed by atoms with Gasteiger partial charge in [-0.1, -0.05) is 13.0 Å². The van der Waals surface area contributed by atoms with Crippen molar-refractivity contribution in [1.29, 1.82) is 0 Å². The van der Waals surface area contributed by atoms with Crippen molar-refractivity contribution in [3.8, 4) is 0 Å². The number of halogens is 4. The van der Waals surface area contributed by atoms with Gasteiger partial charge in [0.25, 0.3) is 5.91 Å². The van der Waals surface area contributed by atoms with E-state index >= 15 is 0 Å². The highest BCUT2D eigenvalue weighted by Gasteiger charge is 2.36. The van der Waals surface area contributed by atoms with Crippen LogP contribution in [0.5, 0.6) is 0 Å². The molecule has 0 aliphatic carbocycles. The Morgan fingerprint density at radius 3 is 2.55 bits per heavy atom. The number of nitrogens with one attached hydrogen (secondary N) is 2. The monoisotopic (exact) mass is 318 g/mol. The first-order chi connectivity index (χ1) is 10.2. The van der Waals surface area contributed by atoms with Crippen LogP contribution in [0.25, 0.3) is 0 Å². The van der Waals surface area contributed by atoms with Crippen LogP contribution in [0.4, 0.5) is 17.6 Å². The van der Waals surface area contributed by atoms with Crippen molar-refractivity contribution in [3.05, 3.63) is 35.1 Å². The molecule has 22 heavy (non-hydrogen) atoms. The van der Waals surface area contributed by atoms with Crippen LogP contribution in [0.2, 0.25) is 0 Å². The molecule has 1 amide bonds. The molecule has 1 saturated heterocycles. The predicted octanol–water partition coefficient (Wildman–Crippen LogP) is 2.96. The van der Waals surface area contributed by atoms with Crippen LogP contribution >= 0.6 is 0 Å². The zero-order chi connectivity index (χ0) is 16.4. The Balaban J connectivity index is 2.10. The van der Waals surface area contributed by atoms with E-state index in [1.807, 2.05) is 6.92 Å². The molecule has 3 nitrogen and oxygen atoms in total. The molecule has 0 saturated carbocycles. The van der Waals surface area contributed by atoms with E-state index in [2.05, 4.69) is 10.6 Å². The number of hydrogen-bond acceptors (Lipinski definition) is 2. The largest absolute Gasteiger partial charge is 0.419 e. The highest BCUT2D eigenvalue weighted by Crippen LogP contribution is 2.32. The van der Waals surface area contributed by atoms with E-state index in [4.69, 9.17) is 0 Å². The number of amides is 1. The van der Waals surface area contributed by atoms with Gasteiger partial charge in [0, 0.05) is 6.54 Å². The van der Waals surface area contributed by atoms with Crippen molar-refractivity contribution >= 4 is 5.91 Å². The smallest absolute Gasteiger partial charge is 0.351 e. The Morgan fingerprint density at radius 1 is 1.32 bits per heavy atom. The maximum Gasteiger partial charge on any atom is 0.419 e. The first-order valence-electron chi connectivity index (χ1n) is 7.08. The van der Waals surface area contributed by atoms with E-state index in [0.29, 0.717) is 12.6 Å². The van der Waals surface area contributed by atoms with Crippen LogP contribution < -0.4 is 10.6 Å². The van der Waals surface area contributed by atoms with Crippen molar-refractivity contribution in [2.75, 3.05) is 19.6 Å². The first-order valence-corrected chi connectivity index (χ1v) is 7.08. The van der Waals surface area contributed by atoms with Gasteiger partial charge in [-0.25, -0.2) is 4.39 Å². The minimum absolute atomic E-state index is 0.126. The first kappa shape index (κ1) is 16.7. The van der Waals surface area contributed by atoms with Crippen molar-refractivity contribution in [2.45, 2.75) is 25.9 Å². The van der Waals surface area contributed by atoms with E-state index in [1.165, 1.54) is 0 Å². The summed E-state index contributed by atoms with van der Waals surface area (Å²) < 4.78 is 51.8. The van der Waals surface area contributed by atoms with Crippen LogP contribution in [0.1, 0.15) is 35.7 Å². The molecule has 2 N–H and O–H groups in total. The molecule has 1 aromatic carbocycles. The molecule has 122 valence electrons. The molecule has 1 aliphatic rings. The third-order valence-corrected chi connectivity index (χ3v) is 4.04. The average molecular weight is 318 g/mol. The zero-order valence-corrected chi connectivity index (χ0v) is 12.2. The van der Waals surface area contributed by atoms with Gasteiger partial charge >= 0.3 is 6.18 Å². The Bertz CT molecular complexity index is 551. The second-order valence-corrected chi connectivity index (χ2v) is 5.91. The molecular weight excluding hydrogens is 300 g/mol. The fourth-order valence-electron chi connectivity index (χ4n) is 2.52. The van der Waals surface area contributed by atoms with E-state index in [1.54, 1.807) is 0 Å². The summed E-state index contributed by atoms with van der Waals surface area (Å²) in [6.45, 7) is 3.95. The number of rotatable bonds is 3. The Hall–Kier alpha value is -1.63. The minimum atomic E-state index is -4.82. The van der Waals surface area contributed by atoms with Gasteiger partial charge in [0.15, 0.2) is 0 Å². The number of hydrogen-bond donors (Lipinski definition) is 2. The summed E-state index contributed by atoms with van der Waals surface area (Å²) in [6, 6.07) is 2.72. The van der Waals surface area contributed by atoms with Gasteiger partial charge in [-0.3, -0.25) is 4.79 Å². The van der Waals surface area contributed by atoms with E-state index < -0.39 is 29.0 Å². The number of alkyl halides is 3. The third-order valence-electron chi connectivity index (χ3n) is 4.04. The summed E-state index contributed by atoms with van der Waals surface area (Å²) >= 11 is 0. The standard InChI is InChI=1S/C15H18F4N2O/c1-14(5-7-20-8-6-14)9-21-13(22)10-3-2-4-11(12(10)16)15(17,18)19/h2-4,20H,5-9H2,1H3,(H,21,22). The number of carbonyl (C=O) groups is 1. The third kappa shape index (κ3) is 3.76. The van der Waals surface area contributed by atoms with Crippen molar-refractivity contribution in [3.63, 3.8) is 0 Å². The van der Waals surface area contributed by atoms with Crippen LogP contribution in [0, 0.1) is 11.2 Å². The van der Waals surface area contributed by atoms with Crippen molar-refractivity contribution < 1.29 is 22.4 Å². The van der Waals surface area contributed by atoms with Gasteiger partial charge in [-0.2, -0.15) is 13.2 Å². The molecule has 0 bridgehead atoms. The van der Waals surface area contributed by atoms with Gasteiger partial charge < -0.3 is 10.6 Å². The Morgan fingerprint density at radius 2 is 1.95 bits per heavy atom. The zero-order valence-electron chi connectivity index (χ0n) is 12.2. The molecule has 1 aliphatic heterocycles. The summed E-state index contributed by atoms with van der Waals surface area (Å²) in [5.74, 6) is -2.34. The lowest BCUT2D eigenvalue weighted by Crippen LogP contribution is -2.43. The molecular formula is C15H18F4N2O. The summed E-state index contributed by atoms with van der Waals surface area (Å²) in [5.41, 5.74) is -2.13. The second kappa shape index (κ2) is 6.24. The topological polar surface area (TPSA) is 41.1 Å². The summed E-state index contributed by atoms with van der Waals surface area (Å²) in [7, 11) is 0. The van der Waals surface area contributed by atoms with E-state index in [0.717, 1.165) is 38.1 Å². The van der Waals surface area contributed by atoms with Gasteiger partial charge in [-0.05, 0) is 43.5 Å². The Kier molecular flexibility index (Phi) is 4.75. The molecule has 1 aromatic rings. The number of piperidine rings is 1. The van der Waals surface area contributed by atoms with Crippen LogP contribution in [0.15, 0.2) is 18.2 Å². The lowest BCUT2D eigenvalue weighted by molar-refractivity contribution is -0.140. The predicted molar refractivity (Wildman–Crippen MR) is 73.9 cm³/mol. The molecule has 0 aromatic heterocycles. The van der Waals surface area contributed by atoms with Gasteiger partial charge in [0.2, 0.25) is 0 Å². The van der Waals surface area contributed by atoms with Crippen molar-refractivity contribution in [1.82, 2.24) is 10.6 Å². The van der Waals surface area contributed by atoms with Gasteiger partial charge in [0.1, 0.15) is 5.82 Å². The highest BCUT2D eigenvalue weighted by atomic mass is 19.4. The minimum Gasteiger partial charge on any atom is -0.351 e. The lowest BCUT2D eigenvalue weighted by Gasteiger charge is -2.34. The van der Waals surface area contributed by atoms with Gasteiger partial charge in [-0.15, -0.1) is 0 Å². The summed E-state index contributed by atoms with van der Waals surface area (Å²) in [5, 5.41) is 5.75. The van der Waals surface area contributed by atoms with Gasteiger partial charge in [0.05, 0.1) is 11.1 Å². The quantitative estimate of drug-likeness (QED) is 0.841. The maximum absolute atomic E-state index is 13.9. The average Bonchev–Trinajstić information content (AvgIpc) is 2.45. The SMILES string of the molecule is CC1(CNC(=O)c2cccc(C(F)(F)F)c2F)CCNCC1. The van der Waals surface area contributed by atoms with E-state index in [9.17, 15) is 22.4 Å². The maximum atomic E-state index is 13.9. The molecule has 2 rings (SSSR count). The number of benzene rings is 1. The van der Waals surface area contributed by atoms with Crippen LogP contribution in [0.3, 0.4) is 0 Å².